The van der Waals surface area contributed by atoms with Crippen LogP contribution in [0.25, 0.3) is 0 Å². The van der Waals surface area contributed by atoms with E-state index in [2.05, 4.69) is 10.2 Å². The van der Waals surface area contributed by atoms with Crippen molar-refractivity contribution in [2.45, 2.75) is 6.42 Å². The molecule has 0 saturated carbocycles. The molecular weight excluding hydrogens is 296 g/mol. The number of rotatable bonds is 5. The highest BCUT2D eigenvalue weighted by Crippen LogP contribution is 2.17. The summed E-state index contributed by atoms with van der Waals surface area (Å²) in [5.74, 6) is 0.617. The molecule has 0 aliphatic carbocycles. The molecule has 122 valence electrons. The number of hydrogen-bond acceptors (Lipinski definition) is 6. The van der Waals surface area contributed by atoms with Gasteiger partial charge in [-0.2, -0.15) is 0 Å². The van der Waals surface area contributed by atoms with E-state index in [1.165, 1.54) is 7.11 Å². The van der Waals surface area contributed by atoms with Crippen molar-refractivity contribution in [2.75, 3.05) is 44.8 Å². The number of piperazine rings is 1. The van der Waals surface area contributed by atoms with Gasteiger partial charge in [-0.05, 0) is 5.56 Å². The summed E-state index contributed by atoms with van der Waals surface area (Å²) in [4.78, 5) is 15.6. The second-order valence-corrected chi connectivity index (χ2v) is 5.44. The third-order valence-corrected chi connectivity index (χ3v) is 3.83. The molecule has 1 aromatic carbocycles. The molecule has 0 unspecified atom stereocenters. The summed E-state index contributed by atoms with van der Waals surface area (Å²) < 4.78 is 10.6. The van der Waals surface area contributed by atoms with Crippen LogP contribution in [0.5, 0.6) is 0 Å². The minimum absolute atomic E-state index is 0.0162. The molecule has 2 aromatic rings. The normalized spacial score (nSPS) is 15.0. The van der Waals surface area contributed by atoms with Crippen LogP contribution >= 0.6 is 0 Å². The molecule has 0 radical (unpaired) electrons. The fourth-order valence-electron chi connectivity index (χ4n) is 2.58. The van der Waals surface area contributed by atoms with Gasteiger partial charge in [0.25, 0.3) is 0 Å². The van der Waals surface area contributed by atoms with Gasteiger partial charge in [0.2, 0.25) is 11.8 Å². The molecule has 0 N–H and O–H groups in total. The monoisotopic (exact) mass is 316 g/mol. The van der Waals surface area contributed by atoms with Crippen molar-refractivity contribution in [1.82, 2.24) is 15.1 Å². The molecule has 0 spiro atoms. The first-order valence-electron chi connectivity index (χ1n) is 7.64. The average Bonchev–Trinajstić information content (AvgIpc) is 3.05. The number of carbonyl (C=O) groups excluding carboxylic acids is 1. The fourth-order valence-corrected chi connectivity index (χ4v) is 2.58. The summed E-state index contributed by atoms with van der Waals surface area (Å²) in [6.07, 6.45) is 0.625. The van der Waals surface area contributed by atoms with E-state index in [-0.39, 0.29) is 12.5 Å². The zero-order chi connectivity index (χ0) is 16.1. The molecule has 0 atom stereocenters. The van der Waals surface area contributed by atoms with E-state index in [0.29, 0.717) is 44.5 Å². The lowest BCUT2D eigenvalue weighted by atomic mass is 10.2. The van der Waals surface area contributed by atoms with E-state index in [0.717, 1.165) is 5.56 Å². The first kappa shape index (κ1) is 15.5. The van der Waals surface area contributed by atoms with Crippen molar-refractivity contribution in [3.8, 4) is 0 Å². The van der Waals surface area contributed by atoms with Crippen LogP contribution in [-0.4, -0.2) is 60.9 Å². The lowest BCUT2D eigenvalue weighted by molar-refractivity contribution is -0.135. The molecule has 2 heterocycles. The van der Waals surface area contributed by atoms with E-state index in [4.69, 9.17) is 9.15 Å². The van der Waals surface area contributed by atoms with E-state index >= 15 is 0 Å². The Hall–Kier alpha value is -2.41. The maximum absolute atomic E-state index is 11.8. The zero-order valence-electron chi connectivity index (χ0n) is 13.1. The molecule has 1 aliphatic rings. The zero-order valence-corrected chi connectivity index (χ0v) is 13.1. The minimum Gasteiger partial charge on any atom is -0.408 e. The van der Waals surface area contributed by atoms with Crippen LogP contribution in [-0.2, 0) is 16.0 Å². The van der Waals surface area contributed by atoms with Gasteiger partial charge < -0.3 is 19.0 Å². The van der Waals surface area contributed by atoms with Crippen molar-refractivity contribution in [1.29, 1.82) is 0 Å². The van der Waals surface area contributed by atoms with Crippen LogP contribution in [0.2, 0.25) is 0 Å². The lowest BCUT2D eigenvalue weighted by Crippen LogP contribution is -2.49. The molecule has 1 aromatic heterocycles. The number of nitrogens with zero attached hydrogens (tertiary/aromatic N) is 4. The summed E-state index contributed by atoms with van der Waals surface area (Å²) in [5.41, 5.74) is 1.14. The maximum atomic E-state index is 11.8. The number of anilines is 1. The minimum atomic E-state index is 0.0162. The first-order chi connectivity index (χ1) is 11.3. The third-order valence-electron chi connectivity index (χ3n) is 3.83. The van der Waals surface area contributed by atoms with Crippen LogP contribution in [0.3, 0.4) is 0 Å². The van der Waals surface area contributed by atoms with Gasteiger partial charge in [0.05, 0.1) is 6.42 Å². The van der Waals surface area contributed by atoms with E-state index in [9.17, 15) is 4.79 Å². The largest absolute Gasteiger partial charge is 0.408 e. The van der Waals surface area contributed by atoms with E-state index in [1.807, 2.05) is 35.2 Å². The summed E-state index contributed by atoms with van der Waals surface area (Å²) in [6.45, 7) is 2.77. The van der Waals surface area contributed by atoms with Crippen LogP contribution < -0.4 is 4.90 Å². The van der Waals surface area contributed by atoms with Gasteiger partial charge in [0.1, 0.15) is 6.61 Å². The molecule has 23 heavy (non-hydrogen) atoms. The molecule has 7 heteroatoms. The average molecular weight is 316 g/mol. The molecule has 1 saturated heterocycles. The van der Waals surface area contributed by atoms with E-state index < -0.39 is 0 Å². The molecular formula is C16H20N4O3. The van der Waals surface area contributed by atoms with Crippen molar-refractivity contribution in [3.05, 3.63) is 41.8 Å². The van der Waals surface area contributed by atoms with Crippen molar-refractivity contribution >= 4 is 11.9 Å². The molecule has 1 fully saturated rings. The smallest absolute Gasteiger partial charge is 0.318 e. The Bertz CT molecular complexity index is 636. The Balaban J connectivity index is 1.56. The molecule has 7 nitrogen and oxygen atoms in total. The number of ether oxygens (including phenoxy) is 1. The van der Waals surface area contributed by atoms with Gasteiger partial charge in [-0.1, -0.05) is 35.4 Å². The van der Waals surface area contributed by atoms with Crippen molar-refractivity contribution in [2.24, 2.45) is 0 Å². The standard InChI is InChI=1S/C16H20N4O3/c1-22-12-15(21)19-7-9-20(10-8-19)16-18-17-14(23-16)11-13-5-3-2-4-6-13/h2-6H,7-12H2,1H3. The molecule has 1 aliphatic heterocycles. The number of hydrogen-bond donors (Lipinski definition) is 0. The highest BCUT2D eigenvalue weighted by Gasteiger charge is 2.24. The van der Waals surface area contributed by atoms with Gasteiger partial charge in [-0.3, -0.25) is 4.79 Å². The number of benzene rings is 1. The van der Waals surface area contributed by atoms with Gasteiger partial charge >= 0.3 is 6.01 Å². The highest BCUT2D eigenvalue weighted by molar-refractivity contribution is 5.77. The highest BCUT2D eigenvalue weighted by atomic mass is 16.5. The van der Waals surface area contributed by atoms with Crippen molar-refractivity contribution < 1.29 is 13.9 Å². The SMILES string of the molecule is COCC(=O)N1CCN(c2nnc(Cc3ccccc3)o2)CC1. The maximum Gasteiger partial charge on any atom is 0.318 e. The Morgan fingerprint density at radius 2 is 1.91 bits per heavy atom. The van der Waals surface area contributed by atoms with Crippen LogP contribution in [0.4, 0.5) is 6.01 Å². The summed E-state index contributed by atoms with van der Waals surface area (Å²) in [5, 5.41) is 8.23. The fraction of sp³-hybridized carbons (Fsp3) is 0.438. The number of amides is 1. The summed E-state index contributed by atoms with van der Waals surface area (Å²) >= 11 is 0. The van der Waals surface area contributed by atoms with Gasteiger partial charge in [-0.15, -0.1) is 5.10 Å². The Morgan fingerprint density at radius 3 is 2.61 bits per heavy atom. The second-order valence-electron chi connectivity index (χ2n) is 5.44. The van der Waals surface area contributed by atoms with Crippen LogP contribution in [0, 0.1) is 0 Å². The lowest BCUT2D eigenvalue weighted by Gasteiger charge is -2.33. The van der Waals surface area contributed by atoms with Gasteiger partial charge in [0.15, 0.2) is 0 Å². The van der Waals surface area contributed by atoms with E-state index in [1.54, 1.807) is 4.90 Å². The molecule has 3 rings (SSSR count). The first-order valence-corrected chi connectivity index (χ1v) is 7.64. The Morgan fingerprint density at radius 1 is 1.17 bits per heavy atom. The Kier molecular flexibility index (Phi) is 4.87. The van der Waals surface area contributed by atoms with Crippen molar-refractivity contribution in [3.63, 3.8) is 0 Å². The number of carbonyl (C=O) groups is 1. The van der Waals surface area contributed by atoms with Crippen LogP contribution in [0.15, 0.2) is 34.7 Å². The number of methoxy groups -OCH3 is 1. The van der Waals surface area contributed by atoms with Gasteiger partial charge in [-0.25, -0.2) is 0 Å². The molecule has 0 bridgehead atoms. The summed E-state index contributed by atoms with van der Waals surface area (Å²) in [6, 6.07) is 10.5. The molecule has 1 amide bonds. The summed E-state index contributed by atoms with van der Waals surface area (Å²) in [7, 11) is 1.53. The predicted octanol–water partition coefficient (Wildman–Crippen LogP) is 0.955. The second kappa shape index (κ2) is 7.23. The Labute approximate surface area is 134 Å². The van der Waals surface area contributed by atoms with Crippen LogP contribution in [0.1, 0.15) is 11.5 Å². The third kappa shape index (κ3) is 3.87. The predicted molar refractivity (Wildman–Crippen MR) is 84.2 cm³/mol. The topological polar surface area (TPSA) is 71.7 Å². The quantitative estimate of drug-likeness (QED) is 0.818. The number of aromatic nitrogens is 2. The van der Waals surface area contributed by atoms with Gasteiger partial charge in [0, 0.05) is 33.3 Å².